The maximum Gasteiger partial charge on any atom is 0.117 e. The molecule has 1 fully saturated rings. The molecule has 18 heavy (non-hydrogen) atoms. The summed E-state index contributed by atoms with van der Waals surface area (Å²) in [4.78, 5) is 2.31. The van der Waals surface area contributed by atoms with Gasteiger partial charge in [-0.25, -0.2) is 0 Å². The van der Waals surface area contributed by atoms with E-state index in [1.165, 1.54) is 16.9 Å². The first-order valence-electron chi connectivity index (χ1n) is 6.21. The summed E-state index contributed by atoms with van der Waals surface area (Å²) in [5, 5.41) is 5.80. The van der Waals surface area contributed by atoms with E-state index in [-0.39, 0.29) is 6.10 Å². The van der Waals surface area contributed by atoms with Crippen molar-refractivity contribution < 1.29 is 4.74 Å². The number of rotatable bonds is 3. The fourth-order valence-electron chi connectivity index (χ4n) is 2.21. The van der Waals surface area contributed by atoms with Gasteiger partial charge in [-0.3, -0.25) is 0 Å². The van der Waals surface area contributed by atoms with Crippen LogP contribution in [0.4, 0.5) is 5.00 Å². The Balaban J connectivity index is 1.66. The normalized spacial score (nSPS) is 21.3. The summed E-state index contributed by atoms with van der Waals surface area (Å²) in [5.41, 5.74) is 1.06. The third kappa shape index (κ3) is 2.48. The number of aromatic nitrogens is 1. The predicted molar refractivity (Wildman–Crippen MR) is 75.3 cm³/mol. The van der Waals surface area contributed by atoms with Crippen LogP contribution in [-0.4, -0.2) is 48.7 Å². The first kappa shape index (κ1) is 11.9. The lowest BCUT2D eigenvalue weighted by Crippen LogP contribution is -2.43. The molecule has 3 rings (SSSR count). The monoisotopic (exact) mass is 263 g/mol. The maximum atomic E-state index is 5.74. The first-order chi connectivity index (χ1) is 8.83. The van der Waals surface area contributed by atoms with E-state index in [1.54, 1.807) is 0 Å². The number of nitrogens with one attached hydrogen (secondary N) is 1. The van der Waals surface area contributed by atoms with Gasteiger partial charge in [-0.2, -0.15) is 4.37 Å². The zero-order valence-electron chi connectivity index (χ0n) is 10.4. The van der Waals surface area contributed by atoms with E-state index in [9.17, 15) is 0 Å². The van der Waals surface area contributed by atoms with E-state index < -0.39 is 0 Å². The average Bonchev–Trinajstić information content (AvgIpc) is 2.80. The van der Waals surface area contributed by atoms with Gasteiger partial charge in [-0.1, -0.05) is 12.1 Å². The first-order valence-corrected chi connectivity index (χ1v) is 6.99. The number of hydrogen-bond donors (Lipinski definition) is 1. The van der Waals surface area contributed by atoms with Gasteiger partial charge in [-0.05, 0) is 30.7 Å². The van der Waals surface area contributed by atoms with Crippen LogP contribution in [0.2, 0.25) is 0 Å². The molecule has 0 radical (unpaired) electrons. The zero-order chi connectivity index (χ0) is 12.4. The van der Waals surface area contributed by atoms with Crippen molar-refractivity contribution in [1.82, 2.24) is 9.27 Å². The van der Waals surface area contributed by atoms with Crippen molar-refractivity contribution in [2.75, 3.05) is 38.6 Å². The Hall–Kier alpha value is -1.17. The van der Waals surface area contributed by atoms with E-state index in [2.05, 4.69) is 27.7 Å². The third-order valence-corrected chi connectivity index (χ3v) is 4.05. The second kappa shape index (κ2) is 5.22. The number of benzene rings is 1. The molecule has 0 spiro atoms. The van der Waals surface area contributed by atoms with Crippen LogP contribution in [0.3, 0.4) is 0 Å². The molecule has 0 aliphatic carbocycles. The van der Waals surface area contributed by atoms with Crippen LogP contribution in [-0.2, 0) is 4.74 Å². The number of likely N-dealkylation sites (N-methyl/N-ethyl adjacent to an activating group) is 1. The molecule has 0 bridgehead atoms. The van der Waals surface area contributed by atoms with Crippen molar-refractivity contribution in [3.05, 3.63) is 24.3 Å². The van der Waals surface area contributed by atoms with Gasteiger partial charge in [0.1, 0.15) is 5.00 Å². The van der Waals surface area contributed by atoms with Gasteiger partial charge in [0.25, 0.3) is 0 Å². The van der Waals surface area contributed by atoms with E-state index in [0.29, 0.717) is 0 Å². The van der Waals surface area contributed by atoms with Crippen molar-refractivity contribution >= 4 is 27.4 Å². The largest absolute Gasteiger partial charge is 0.374 e. The van der Waals surface area contributed by atoms with Crippen molar-refractivity contribution in [2.45, 2.75) is 6.10 Å². The summed E-state index contributed by atoms with van der Waals surface area (Å²) in [6.45, 7) is 3.69. The number of hydrogen-bond acceptors (Lipinski definition) is 5. The Morgan fingerprint density at radius 3 is 3.28 bits per heavy atom. The molecule has 1 aliphatic heterocycles. The molecule has 2 heterocycles. The van der Waals surface area contributed by atoms with Crippen LogP contribution in [0.15, 0.2) is 24.3 Å². The van der Waals surface area contributed by atoms with Gasteiger partial charge < -0.3 is 15.0 Å². The van der Waals surface area contributed by atoms with Gasteiger partial charge in [0.05, 0.1) is 18.2 Å². The van der Waals surface area contributed by atoms with Crippen molar-refractivity contribution in [3.8, 4) is 0 Å². The molecule has 0 saturated carbocycles. The van der Waals surface area contributed by atoms with Crippen LogP contribution < -0.4 is 5.32 Å². The van der Waals surface area contributed by atoms with Crippen LogP contribution >= 0.6 is 11.5 Å². The molecule has 2 aromatic rings. The molecule has 1 atom stereocenters. The molecule has 1 aromatic carbocycles. The molecule has 5 heteroatoms. The molecule has 1 N–H and O–H groups in total. The lowest BCUT2D eigenvalue weighted by atomic mass is 10.2. The molecule has 1 saturated heterocycles. The van der Waals surface area contributed by atoms with Crippen LogP contribution in [0.25, 0.3) is 10.9 Å². The Morgan fingerprint density at radius 1 is 1.50 bits per heavy atom. The van der Waals surface area contributed by atoms with E-state index in [1.807, 2.05) is 18.2 Å². The van der Waals surface area contributed by atoms with Gasteiger partial charge in [-0.15, -0.1) is 0 Å². The topological polar surface area (TPSA) is 37.4 Å². The summed E-state index contributed by atoms with van der Waals surface area (Å²) in [7, 11) is 2.14. The molecule has 96 valence electrons. The van der Waals surface area contributed by atoms with E-state index >= 15 is 0 Å². The molecule has 1 unspecified atom stereocenters. The van der Waals surface area contributed by atoms with Crippen LogP contribution in [0.5, 0.6) is 0 Å². The minimum atomic E-state index is 0.268. The third-order valence-electron chi connectivity index (χ3n) is 3.22. The highest BCUT2D eigenvalue weighted by Gasteiger charge is 2.17. The summed E-state index contributed by atoms with van der Waals surface area (Å²) < 4.78 is 10.2. The van der Waals surface area contributed by atoms with Crippen molar-refractivity contribution in [2.24, 2.45) is 0 Å². The summed E-state index contributed by atoms with van der Waals surface area (Å²) >= 11 is 1.52. The minimum absolute atomic E-state index is 0.268. The highest BCUT2D eigenvalue weighted by molar-refractivity contribution is 7.11. The van der Waals surface area contributed by atoms with Gasteiger partial charge in [0, 0.05) is 25.0 Å². The van der Waals surface area contributed by atoms with E-state index in [4.69, 9.17) is 4.74 Å². The number of morpholine rings is 1. The van der Waals surface area contributed by atoms with E-state index in [0.717, 1.165) is 36.8 Å². The Bertz CT molecular complexity index is 528. The number of anilines is 1. The number of fused-ring (bicyclic) bond motifs is 1. The lowest BCUT2D eigenvalue weighted by Gasteiger charge is -2.30. The molecular formula is C13H17N3OS. The average molecular weight is 263 g/mol. The fraction of sp³-hybridized carbons (Fsp3) is 0.462. The summed E-state index contributed by atoms with van der Waals surface area (Å²) in [5.74, 6) is 0. The Kier molecular flexibility index (Phi) is 3.45. The second-order valence-electron chi connectivity index (χ2n) is 4.66. The summed E-state index contributed by atoms with van der Waals surface area (Å²) in [6.07, 6.45) is 0.268. The Morgan fingerprint density at radius 2 is 2.39 bits per heavy atom. The van der Waals surface area contributed by atoms with Crippen LogP contribution in [0, 0.1) is 0 Å². The molecular weight excluding hydrogens is 246 g/mol. The predicted octanol–water partition coefficient (Wildman–Crippen LogP) is 2.04. The van der Waals surface area contributed by atoms with Gasteiger partial charge in [0.2, 0.25) is 0 Å². The number of nitrogens with zero attached hydrogens (tertiary/aromatic N) is 2. The highest BCUT2D eigenvalue weighted by atomic mass is 32.1. The zero-order valence-corrected chi connectivity index (χ0v) is 11.2. The molecule has 4 nitrogen and oxygen atoms in total. The fourth-order valence-corrected chi connectivity index (χ4v) is 2.98. The standard InChI is InChI=1S/C13H17N3OS/c1-16-6-7-17-10(9-16)8-14-13-11-4-2-3-5-12(11)15-18-13/h2-5,10,14H,6-9H2,1H3. The molecule has 0 amide bonds. The minimum Gasteiger partial charge on any atom is -0.374 e. The summed E-state index contributed by atoms with van der Waals surface area (Å²) in [6, 6.07) is 8.22. The highest BCUT2D eigenvalue weighted by Crippen LogP contribution is 2.27. The second-order valence-corrected chi connectivity index (χ2v) is 5.44. The quantitative estimate of drug-likeness (QED) is 0.919. The van der Waals surface area contributed by atoms with Gasteiger partial charge >= 0.3 is 0 Å². The van der Waals surface area contributed by atoms with Gasteiger partial charge in [0.15, 0.2) is 0 Å². The lowest BCUT2D eigenvalue weighted by molar-refractivity contribution is -0.0116. The SMILES string of the molecule is CN1CCOC(CNc2snc3ccccc23)C1. The maximum absolute atomic E-state index is 5.74. The van der Waals surface area contributed by atoms with Crippen molar-refractivity contribution in [3.63, 3.8) is 0 Å². The molecule has 1 aliphatic rings. The van der Waals surface area contributed by atoms with Crippen LogP contribution in [0.1, 0.15) is 0 Å². The smallest absolute Gasteiger partial charge is 0.117 e. The number of ether oxygens (including phenoxy) is 1. The van der Waals surface area contributed by atoms with Crippen molar-refractivity contribution in [1.29, 1.82) is 0 Å². The molecule has 1 aromatic heterocycles. The Labute approximate surface area is 111 Å².